The van der Waals surface area contributed by atoms with Crippen LogP contribution in [-0.2, 0) is 0 Å². The van der Waals surface area contributed by atoms with Crippen molar-refractivity contribution in [1.29, 1.82) is 0 Å². The summed E-state index contributed by atoms with van der Waals surface area (Å²) in [4.78, 5) is 0. The van der Waals surface area contributed by atoms with Crippen molar-refractivity contribution in [1.82, 2.24) is 6.15 Å². The fraction of sp³-hybridized carbons (Fsp3) is 0.286. The third-order valence-corrected chi connectivity index (χ3v) is 3.29. The van der Waals surface area contributed by atoms with E-state index < -0.39 is 0 Å². The van der Waals surface area contributed by atoms with E-state index in [1.807, 2.05) is 0 Å². The third kappa shape index (κ3) is 1.64. The first kappa shape index (κ1) is 11.7. The second-order valence-electron chi connectivity index (χ2n) is 4.06. The summed E-state index contributed by atoms with van der Waals surface area (Å²) in [5, 5.41) is 0. The number of hydrogen-bond donors (Lipinski definition) is 1. The van der Waals surface area contributed by atoms with Crippen molar-refractivity contribution in [3.05, 3.63) is 46.5 Å². The SMILES string of the molecule is Cc1ccccc2c(C)c(C)c(C)c1-2.N. The summed E-state index contributed by atoms with van der Waals surface area (Å²) in [5.74, 6) is 0. The zero-order valence-electron chi connectivity index (χ0n) is 10.0. The van der Waals surface area contributed by atoms with Crippen LogP contribution >= 0.6 is 0 Å². The molecule has 80 valence electrons. The van der Waals surface area contributed by atoms with Crippen molar-refractivity contribution >= 4 is 0 Å². The quantitative estimate of drug-likeness (QED) is 0.681. The summed E-state index contributed by atoms with van der Waals surface area (Å²) in [6.07, 6.45) is 0. The molecule has 0 aromatic heterocycles. The molecule has 0 aliphatic heterocycles. The molecule has 0 radical (unpaired) electrons. The fourth-order valence-corrected chi connectivity index (χ4v) is 2.21. The van der Waals surface area contributed by atoms with Crippen molar-refractivity contribution in [2.45, 2.75) is 27.7 Å². The Morgan fingerprint density at radius 3 is 2.00 bits per heavy atom. The highest BCUT2D eigenvalue weighted by atomic mass is 14.2. The molecule has 0 saturated heterocycles. The molecule has 0 amide bonds. The Kier molecular flexibility index (Phi) is 3.15. The Morgan fingerprint density at radius 2 is 1.33 bits per heavy atom. The van der Waals surface area contributed by atoms with Crippen molar-refractivity contribution < 1.29 is 0 Å². The first-order chi connectivity index (χ1) is 6.63. The van der Waals surface area contributed by atoms with Gasteiger partial charge in [-0.05, 0) is 61.1 Å². The Balaban J connectivity index is 0.00000112. The Hall–Kier alpha value is -1.34. The average Bonchev–Trinajstić information content (AvgIpc) is 2.35. The standard InChI is InChI=1S/C14H16.H3N/c1-9-7-5-6-8-13-11(3)10(2)12(4)14(9)13;/h5-8H,1-4H3;1H3. The van der Waals surface area contributed by atoms with Crippen LogP contribution in [0.2, 0.25) is 0 Å². The second kappa shape index (κ2) is 4.03. The molecule has 0 spiro atoms. The number of fused-ring (bicyclic) bond motifs is 1. The molecule has 0 saturated carbocycles. The van der Waals surface area contributed by atoms with Crippen LogP contribution in [-0.4, -0.2) is 0 Å². The monoisotopic (exact) mass is 201 g/mol. The largest absolute Gasteiger partial charge is 0.344 e. The number of aryl methyl sites for hydroxylation is 1. The number of hydrogen-bond acceptors (Lipinski definition) is 1. The maximum absolute atomic E-state index is 2.22. The molecule has 0 aromatic carbocycles. The van der Waals surface area contributed by atoms with Crippen molar-refractivity contribution in [2.75, 3.05) is 0 Å². The van der Waals surface area contributed by atoms with Gasteiger partial charge in [-0.2, -0.15) is 0 Å². The first-order valence-corrected chi connectivity index (χ1v) is 5.08. The summed E-state index contributed by atoms with van der Waals surface area (Å²) >= 11 is 0. The molecule has 0 aromatic rings. The lowest BCUT2D eigenvalue weighted by Gasteiger charge is -2.00. The van der Waals surface area contributed by atoms with Crippen LogP contribution in [0.1, 0.15) is 22.3 Å². The van der Waals surface area contributed by atoms with E-state index in [1.165, 1.54) is 33.4 Å². The van der Waals surface area contributed by atoms with E-state index >= 15 is 0 Å². The lowest BCUT2D eigenvalue weighted by molar-refractivity contribution is 1.34. The van der Waals surface area contributed by atoms with E-state index in [-0.39, 0.29) is 6.15 Å². The summed E-state index contributed by atoms with van der Waals surface area (Å²) in [6, 6.07) is 8.65. The van der Waals surface area contributed by atoms with E-state index in [1.54, 1.807) is 0 Å². The van der Waals surface area contributed by atoms with E-state index in [2.05, 4.69) is 52.0 Å². The van der Waals surface area contributed by atoms with Gasteiger partial charge in [0.25, 0.3) is 0 Å². The van der Waals surface area contributed by atoms with Crippen LogP contribution in [0.15, 0.2) is 24.3 Å². The van der Waals surface area contributed by atoms with E-state index in [0.717, 1.165) is 0 Å². The molecule has 0 heterocycles. The summed E-state index contributed by atoms with van der Waals surface area (Å²) in [6.45, 7) is 8.83. The molecular weight excluding hydrogens is 182 g/mol. The predicted molar refractivity (Wildman–Crippen MR) is 67.0 cm³/mol. The highest BCUT2D eigenvalue weighted by Gasteiger charge is 2.15. The molecule has 15 heavy (non-hydrogen) atoms. The molecule has 2 aliphatic carbocycles. The van der Waals surface area contributed by atoms with Gasteiger partial charge in [0, 0.05) is 0 Å². The third-order valence-electron chi connectivity index (χ3n) is 3.29. The van der Waals surface area contributed by atoms with E-state index in [0.29, 0.717) is 0 Å². The summed E-state index contributed by atoms with van der Waals surface area (Å²) in [5.41, 5.74) is 8.52. The van der Waals surface area contributed by atoms with Crippen molar-refractivity contribution in [2.24, 2.45) is 0 Å². The second-order valence-corrected chi connectivity index (χ2v) is 4.06. The van der Waals surface area contributed by atoms with Gasteiger partial charge in [-0.3, -0.25) is 0 Å². The molecule has 0 unspecified atom stereocenters. The van der Waals surface area contributed by atoms with Crippen LogP contribution in [0.4, 0.5) is 0 Å². The molecule has 1 nitrogen and oxygen atoms in total. The maximum atomic E-state index is 2.22. The Labute approximate surface area is 92.1 Å². The fourth-order valence-electron chi connectivity index (χ4n) is 2.21. The van der Waals surface area contributed by atoms with Gasteiger partial charge >= 0.3 is 0 Å². The minimum Gasteiger partial charge on any atom is -0.344 e. The zero-order chi connectivity index (χ0) is 10.3. The van der Waals surface area contributed by atoms with Crippen LogP contribution in [0.3, 0.4) is 0 Å². The van der Waals surface area contributed by atoms with Crippen LogP contribution in [0, 0.1) is 27.7 Å². The lowest BCUT2D eigenvalue weighted by atomic mass is 10.0. The summed E-state index contributed by atoms with van der Waals surface area (Å²) < 4.78 is 0. The maximum Gasteiger partial charge on any atom is -0.0120 e. The van der Waals surface area contributed by atoms with Gasteiger partial charge in [0.2, 0.25) is 0 Å². The van der Waals surface area contributed by atoms with Gasteiger partial charge in [-0.25, -0.2) is 0 Å². The van der Waals surface area contributed by atoms with Crippen molar-refractivity contribution in [3.63, 3.8) is 0 Å². The minimum atomic E-state index is 0. The van der Waals surface area contributed by atoms with Gasteiger partial charge < -0.3 is 6.15 Å². The normalized spacial score (nSPS) is 10.1. The van der Waals surface area contributed by atoms with Crippen LogP contribution < -0.4 is 6.15 Å². The molecule has 1 heteroatoms. The smallest absolute Gasteiger partial charge is 0.0120 e. The van der Waals surface area contributed by atoms with Crippen LogP contribution in [0.25, 0.3) is 11.1 Å². The van der Waals surface area contributed by atoms with Gasteiger partial charge in [0.15, 0.2) is 0 Å². The first-order valence-electron chi connectivity index (χ1n) is 5.08. The predicted octanol–water partition coefficient (Wildman–Crippen LogP) is 4.19. The molecule has 0 fully saturated rings. The van der Waals surface area contributed by atoms with Gasteiger partial charge in [-0.15, -0.1) is 0 Å². The zero-order valence-corrected chi connectivity index (χ0v) is 10.0. The molecule has 0 bridgehead atoms. The number of rotatable bonds is 0. The molecule has 0 atom stereocenters. The highest BCUT2D eigenvalue weighted by molar-refractivity contribution is 5.79. The van der Waals surface area contributed by atoms with E-state index in [9.17, 15) is 0 Å². The van der Waals surface area contributed by atoms with Gasteiger partial charge in [0.1, 0.15) is 0 Å². The van der Waals surface area contributed by atoms with E-state index in [4.69, 9.17) is 0 Å². The van der Waals surface area contributed by atoms with Gasteiger partial charge in [-0.1, -0.05) is 24.3 Å². The topological polar surface area (TPSA) is 35.0 Å². The molecule has 2 rings (SSSR count). The van der Waals surface area contributed by atoms with Crippen molar-refractivity contribution in [3.8, 4) is 11.1 Å². The Morgan fingerprint density at radius 1 is 0.733 bits per heavy atom. The molecule has 3 N–H and O–H groups in total. The molecular formula is C14H19N. The minimum absolute atomic E-state index is 0. The lowest BCUT2D eigenvalue weighted by Crippen LogP contribution is -1.77. The average molecular weight is 201 g/mol. The molecule has 2 aliphatic rings. The Bertz CT molecular complexity index is 458. The van der Waals surface area contributed by atoms with Gasteiger partial charge in [0.05, 0.1) is 0 Å². The highest BCUT2D eigenvalue weighted by Crippen LogP contribution is 2.36. The van der Waals surface area contributed by atoms with Crippen LogP contribution in [0.5, 0.6) is 0 Å². The summed E-state index contributed by atoms with van der Waals surface area (Å²) in [7, 11) is 0.